The van der Waals surface area contributed by atoms with Crippen LogP contribution >= 0.6 is 11.3 Å². The van der Waals surface area contributed by atoms with Crippen LogP contribution in [0.1, 0.15) is 26.6 Å². The number of hydrogen-bond acceptors (Lipinski definition) is 5. The third-order valence-electron chi connectivity index (χ3n) is 3.09. The van der Waals surface area contributed by atoms with Gasteiger partial charge in [-0.1, -0.05) is 6.07 Å². The second kappa shape index (κ2) is 6.49. The molecule has 0 aliphatic rings. The number of nitrogens with zero attached hydrogens (tertiary/aromatic N) is 2. The van der Waals surface area contributed by atoms with Gasteiger partial charge in [-0.25, -0.2) is 4.79 Å². The zero-order valence-corrected chi connectivity index (χ0v) is 12.9. The molecule has 0 saturated carbocycles. The molecule has 0 fully saturated rings. The molecule has 21 heavy (non-hydrogen) atoms. The van der Waals surface area contributed by atoms with Gasteiger partial charge in [0.1, 0.15) is 0 Å². The molecule has 0 amide bonds. The zero-order valence-electron chi connectivity index (χ0n) is 12.1. The summed E-state index contributed by atoms with van der Waals surface area (Å²) >= 11 is 1.33. The van der Waals surface area contributed by atoms with Gasteiger partial charge >= 0.3 is 5.97 Å². The highest BCUT2D eigenvalue weighted by Crippen LogP contribution is 2.14. The normalized spacial score (nSPS) is 11.0. The second-order valence-electron chi connectivity index (χ2n) is 4.55. The summed E-state index contributed by atoms with van der Waals surface area (Å²) in [4.78, 5) is 23.9. The lowest BCUT2D eigenvalue weighted by atomic mass is 10.2. The number of esters is 1. The van der Waals surface area contributed by atoms with E-state index >= 15 is 0 Å². The molecule has 110 valence electrons. The van der Waals surface area contributed by atoms with Gasteiger partial charge in [0.15, 0.2) is 6.61 Å². The first-order chi connectivity index (χ1) is 9.99. The molecule has 5 nitrogen and oxygen atoms in total. The fourth-order valence-electron chi connectivity index (χ4n) is 1.88. The molecule has 0 aromatic carbocycles. The van der Waals surface area contributed by atoms with Crippen molar-refractivity contribution >= 4 is 29.2 Å². The SMILES string of the molecule is Cc1nn(C)c(C)c1/C=C/C(=O)OCC(=O)c1cccs1. The Hall–Kier alpha value is -2.21. The van der Waals surface area contributed by atoms with Crippen molar-refractivity contribution in [2.24, 2.45) is 7.05 Å². The maximum atomic E-state index is 11.7. The molecular weight excluding hydrogens is 288 g/mol. The summed E-state index contributed by atoms with van der Waals surface area (Å²) in [5, 5.41) is 6.07. The van der Waals surface area contributed by atoms with Crippen LogP contribution in [0.5, 0.6) is 0 Å². The Bertz CT molecular complexity index is 684. The average molecular weight is 304 g/mol. The van der Waals surface area contributed by atoms with Gasteiger partial charge in [-0.3, -0.25) is 9.48 Å². The maximum Gasteiger partial charge on any atom is 0.331 e. The van der Waals surface area contributed by atoms with E-state index in [4.69, 9.17) is 4.74 Å². The molecule has 2 rings (SSSR count). The fourth-order valence-corrected chi connectivity index (χ4v) is 2.53. The highest BCUT2D eigenvalue weighted by molar-refractivity contribution is 7.12. The van der Waals surface area contributed by atoms with Crippen LogP contribution in [-0.2, 0) is 16.6 Å². The second-order valence-corrected chi connectivity index (χ2v) is 5.50. The van der Waals surface area contributed by atoms with E-state index in [9.17, 15) is 9.59 Å². The van der Waals surface area contributed by atoms with Crippen molar-refractivity contribution in [1.82, 2.24) is 9.78 Å². The molecule has 6 heteroatoms. The first-order valence-corrected chi connectivity index (χ1v) is 7.28. The summed E-state index contributed by atoms with van der Waals surface area (Å²) in [5.41, 5.74) is 2.69. The van der Waals surface area contributed by atoms with Crippen molar-refractivity contribution in [3.8, 4) is 0 Å². The molecule has 0 aliphatic carbocycles. The first-order valence-electron chi connectivity index (χ1n) is 6.40. The summed E-state index contributed by atoms with van der Waals surface area (Å²) in [6.07, 6.45) is 2.98. The minimum Gasteiger partial charge on any atom is -0.454 e. The van der Waals surface area contributed by atoms with E-state index in [-0.39, 0.29) is 12.4 Å². The third kappa shape index (κ3) is 3.66. The summed E-state index contributed by atoms with van der Waals surface area (Å²) in [7, 11) is 1.84. The van der Waals surface area contributed by atoms with E-state index in [0.717, 1.165) is 17.0 Å². The van der Waals surface area contributed by atoms with Crippen LogP contribution in [0.3, 0.4) is 0 Å². The number of aryl methyl sites for hydroxylation is 2. The van der Waals surface area contributed by atoms with Crippen LogP contribution in [0.2, 0.25) is 0 Å². The van der Waals surface area contributed by atoms with Crippen molar-refractivity contribution in [3.05, 3.63) is 45.4 Å². The van der Waals surface area contributed by atoms with Crippen LogP contribution in [-0.4, -0.2) is 28.1 Å². The Morgan fingerprint density at radius 2 is 2.19 bits per heavy atom. The van der Waals surface area contributed by atoms with E-state index in [1.54, 1.807) is 22.9 Å². The van der Waals surface area contributed by atoms with E-state index < -0.39 is 5.97 Å². The number of Topliss-reactive ketones (excluding diaryl/α,β-unsaturated/α-hetero) is 1. The van der Waals surface area contributed by atoms with Gasteiger partial charge in [0.25, 0.3) is 0 Å². The zero-order chi connectivity index (χ0) is 15.4. The highest BCUT2D eigenvalue weighted by Gasteiger charge is 2.10. The van der Waals surface area contributed by atoms with Gasteiger partial charge in [0.2, 0.25) is 5.78 Å². The molecule has 0 unspecified atom stereocenters. The minimum absolute atomic E-state index is 0.194. The summed E-state index contributed by atoms with van der Waals surface area (Å²) in [5.74, 6) is -0.733. The quantitative estimate of drug-likeness (QED) is 0.484. The largest absolute Gasteiger partial charge is 0.454 e. The number of ketones is 1. The van der Waals surface area contributed by atoms with E-state index in [0.29, 0.717) is 4.88 Å². The third-order valence-corrected chi connectivity index (χ3v) is 4.00. The molecular formula is C15H16N2O3S. The van der Waals surface area contributed by atoms with Crippen molar-refractivity contribution < 1.29 is 14.3 Å². The predicted molar refractivity (Wildman–Crippen MR) is 81.3 cm³/mol. The van der Waals surface area contributed by atoms with Crippen LogP contribution in [0, 0.1) is 13.8 Å². The number of thiophene rings is 1. The molecule has 2 aromatic rings. The molecule has 0 aliphatic heterocycles. The van der Waals surface area contributed by atoms with E-state index in [1.165, 1.54) is 17.4 Å². The number of carbonyl (C=O) groups excluding carboxylic acids is 2. The Labute approximate surface area is 126 Å². The smallest absolute Gasteiger partial charge is 0.331 e. The van der Waals surface area contributed by atoms with Crippen LogP contribution < -0.4 is 0 Å². The Morgan fingerprint density at radius 3 is 2.76 bits per heavy atom. The fraction of sp³-hybridized carbons (Fsp3) is 0.267. The molecule has 0 radical (unpaired) electrons. The monoisotopic (exact) mass is 304 g/mol. The van der Waals surface area contributed by atoms with Gasteiger partial charge < -0.3 is 4.74 Å². The highest BCUT2D eigenvalue weighted by atomic mass is 32.1. The van der Waals surface area contributed by atoms with Crippen LogP contribution in [0.15, 0.2) is 23.6 Å². The number of carbonyl (C=O) groups is 2. The maximum absolute atomic E-state index is 11.7. The van der Waals surface area contributed by atoms with Gasteiger partial charge in [-0.05, 0) is 31.4 Å². The number of rotatable bonds is 5. The minimum atomic E-state index is -0.539. The van der Waals surface area contributed by atoms with Gasteiger partial charge in [-0.2, -0.15) is 5.10 Å². The molecule has 0 spiro atoms. The molecule has 0 bridgehead atoms. The van der Waals surface area contributed by atoms with Crippen molar-refractivity contribution in [3.63, 3.8) is 0 Å². The van der Waals surface area contributed by atoms with Gasteiger partial charge in [0, 0.05) is 24.4 Å². The standard InChI is InChI=1S/C15H16N2O3S/c1-10-12(11(2)17(3)16-10)6-7-15(19)20-9-13(18)14-5-4-8-21-14/h4-8H,9H2,1-3H3/b7-6+. The van der Waals surface area contributed by atoms with Gasteiger partial charge in [0.05, 0.1) is 10.6 Å². The lowest BCUT2D eigenvalue weighted by Crippen LogP contribution is -2.11. The topological polar surface area (TPSA) is 61.2 Å². The van der Waals surface area contributed by atoms with Crippen LogP contribution in [0.4, 0.5) is 0 Å². The number of hydrogen-bond donors (Lipinski definition) is 0. The molecule has 2 heterocycles. The Kier molecular flexibility index (Phi) is 4.70. The molecule has 2 aromatic heterocycles. The predicted octanol–water partition coefficient (Wildman–Crippen LogP) is 2.54. The average Bonchev–Trinajstić information content (AvgIpc) is 3.05. The number of ether oxygens (including phenoxy) is 1. The lowest BCUT2D eigenvalue weighted by molar-refractivity contribution is -0.136. The van der Waals surface area contributed by atoms with E-state index in [2.05, 4.69) is 5.10 Å². The van der Waals surface area contributed by atoms with Crippen molar-refractivity contribution in [2.45, 2.75) is 13.8 Å². The van der Waals surface area contributed by atoms with E-state index in [1.807, 2.05) is 26.3 Å². The molecule has 0 atom stereocenters. The molecule has 0 saturated heterocycles. The van der Waals surface area contributed by atoms with Gasteiger partial charge in [-0.15, -0.1) is 11.3 Å². The van der Waals surface area contributed by atoms with Crippen molar-refractivity contribution in [1.29, 1.82) is 0 Å². The lowest BCUT2D eigenvalue weighted by Gasteiger charge is -1.99. The summed E-state index contributed by atoms with van der Waals surface area (Å²) < 4.78 is 6.69. The van der Waals surface area contributed by atoms with Crippen LogP contribution in [0.25, 0.3) is 6.08 Å². The Balaban J connectivity index is 1.93. The summed E-state index contributed by atoms with van der Waals surface area (Å²) in [6.45, 7) is 3.55. The Morgan fingerprint density at radius 1 is 1.43 bits per heavy atom. The molecule has 0 N–H and O–H groups in total. The first kappa shape index (κ1) is 15.2. The summed E-state index contributed by atoms with van der Waals surface area (Å²) in [6, 6.07) is 3.49. The van der Waals surface area contributed by atoms with Crippen molar-refractivity contribution in [2.75, 3.05) is 6.61 Å². The number of aromatic nitrogens is 2.